The van der Waals surface area contributed by atoms with Crippen molar-refractivity contribution in [1.82, 2.24) is 14.9 Å². The van der Waals surface area contributed by atoms with Crippen molar-refractivity contribution >= 4 is 22.6 Å². The lowest BCUT2D eigenvalue weighted by Crippen LogP contribution is -2.35. The minimum Gasteiger partial charge on any atom is -0.317 e. The molecule has 0 saturated carbocycles. The van der Waals surface area contributed by atoms with E-state index in [1.807, 2.05) is 0 Å². The van der Waals surface area contributed by atoms with Gasteiger partial charge in [0.1, 0.15) is 17.5 Å². The molecule has 0 bridgehead atoms. The lowest BCUT2D eigenvalue weighted by Gasteiger charge is -2.21. The van der Waals surface area contributed by atoms with E-state index in [1.54, 1.807) is 31.2 Å². The van der Waals surface area contributed by atoms with Gasteiger partial charge in [-0.15, -0.1) is 0 Å². The van der Waals surface area contributed by atoms with Gasteiger partial charge in [-0.1, -0.05) is 12.1 Å². The number of hydrogen-bond donors (Lipinski definition) is 2. The van der Waals surface area contributed by atoms with Crippen molar-refractivity contribution < 1.29 is 13.6 Å². The number of rotatable bonds is 4. The Morgan fingerprint density at radius 1 is 1.23 bits per heavy atom. The van der Waals surface area contributed by atoms with Crippen molar-refractivity contribution in [3.8, 4) is 0 Å². The topological polar surface area (TPSA) is 78.1 Å². The zero-order chi connectivity index (χ0) is 18.7. The third-order valence-corrected chi connectivity index (χ3v) is 3.84. The lowest BCUT2D eigenvalue weighted by atomic mass is 10.2. The van der Waals surface area contributed by atoms with Crippen LogP contribution in [0.15, 0.2) is 47.3 Å². The number of hydrogen-bond acceptors (Lipinski definition) is 3. The highest BCUT2D eigenvalue weighted by atomic mass is 19.1. The second-order valence-corrected chi connectivity index (χ2v) is 5.60. The molecular weight excluding hydrogens is 342 g/mol. The smallest absolute Gasteiger partial charge is 0.317 e. The molecule has 0 aliphatic rings. The van der Waals surface area contributed by atoms with Crippen molar-refractivity contribution in [2.24, 2.45) is 0 Å². The van der Waals surface area contributed by atoms with Gasteiger partial charge in [0.15, 0.2) is 0 Å². The minimum atomic E-state index is -0.743. The summed E-state index contributed by atoms with van der Waals surface area (Å²) >= 11 is 0. The largest absolute Gasteiger partial charge is 0.322 e. The number of urea groups is 1. The van der Waals surface area contributed by atoms with E-state index in [0.29, 0.717) is 16.7 Å². The molecule has 0 aliphatic heterocycles. The van der Waals surface area contributed by atoms with Crippen LogP contribution in [-0.4, -0.2) is 27.4 Å². The number of H-pyrrole nitrogens is 1. The van der Waals surface area contributed by atoms with Crippen molar-refractivity contribution in [1.29, 1.82) is 0 Å². The molecule has 8 heteroatoms. The Morgan fingerprint density at radius 2 is 2.00 bits per heavy atom. The van der Waals surface area contributed by atoms with Crippen molar-refractivity contribution in [3.05, 3.63) is 70.3 Å². The number of amides is 2. The Labute approximate surface area is 147 Å². The van der Waals surface area contributed by atoms with Crippen LogP contribution in [0.25, 0.3) is 10.9 Å². The number of benzene rings is 2. The van der Waals surface area contributed by atoms with E-state index in [2.05, 4.69) is 15.3 Å². The zero-order valence-electron chi connectivity index (χ0n) is 13.9. The van der Waals surface area contributed by atoms with Gasteiger partial charge in [0, 0.05) is 12.6 Å². The van der Waals surface area contributed by atoms with Gasteiger partial charge >= 0.3 is 6.03 Å². The quantitative estimate of drug-likeness (QED) is 0.751. The molecule has 3 aromatic rings. The van der Waals surface area contributed by atoms with E-state index in [4.69, 9.17) is 0 Å². The fourth-order valence-corrected chi connectivity index (χ4v) is 2.51. The molecule has 0 unspecified atom stereocenters. The Bertz CT molecular complexity index is 1020. The maximum atomic E-state index is 13.7. The monoisotopic (exact) mass is 358 g/mol. The molecule has 0 fully saturated rings. The van der Waals surface area contributed by atoms with E-state index >= 15 is 0 Å². The number of aromatic amines is 1. The Hall–Kier alpha value is -3.29. The molecule has 1 aromatic heterocycles. The van der Waals surface area contributed by atoms with Gasteiger partial charge in [-0.05, 0) is 31.2 Å². The van der Waals surface area contributed by atoms with Crippen LogP contribution in [0.2, 0.25) is 0 Å². The number of carbonyl (C=O) groups excluding carboxylic acids is 1. The summed E-state index contributed by atoms with van der Waals surface area (Å²) in [5.74, 6) is -1.11. The minimum absolute atomic E-state index is 0.0132. The number of nitrogens with one attached hydrogen (secondary N) is 2. The molecule has 0 radical (unpaired) electrons. The lowest BCUT2D eigenvalue weighted by molar-refractivity contribution is 0.210. The number of fused-ring (bicyclic) bond motifs is 1. The molecule has 1 heterocycles. The molecule has 0 spiro atoms. The molecule has 134 valence electrons. The van der Waals surface area contributed by atoms with E-state index in [-0.39, 0.29) is 24.3 Å². The average Bonchev–Trinajstić information content (AvgIpc) is 2.62. The summed E-state index contributed by atoms with van der Waals surface area (Å²) in [4.78, 5) is 32.8. The van der Waals surface area contributed by atoms with Gasteiger partial charge in [0.05, 0.1) is 23.1 Å². The summed E-state index contributed by atoms with van der Waals surface area (Å²) < 4.78 is 26.9. The maximum absolute atomic E-state index is 13.7. The fourth-order valence-electron chi connectivity index (χ4n) is 2.51. The SMILES string of the molecule is CCN(Cc1nc2ccccc2c(=O)[nH]1)C(=O)Nc1cc(F)ccc1F. The fraction of sp³-hybridized carbons (Fsp3) is 0.167. The van der Waals surface area contributed by atoms with E-state index in [0.717, 1.165) is 18.2 Å². The van der Waals surface area contributed by atoms with Crippen LogP contribution in [0.4, 0.5) is 19.3 Å². The van der Waals surface area contributed by atoms with E-state index in [1.165, 1.54) is 4.90 Å². The summed E-state index contributed by atoms with van der Waals surface area (Å²) in [6.45, 7) is 2.01. The van der Waals surface area contributed by atoms with Crippen molar-refractivity contribution in [2.45, 2.75) is 13.5 Å². The van der Waals surface area contributed by atoms with Crippen LogP contribution in [0.3, 0.4) is 0 Å². The number of anilines is 1. The van der Waals surface area contributed by atoms with Crippen LogP contribution in [-0.2, 0) is 6.54 Å². The van der Waals surface area contributed by atoms with Crippen LogP contribution in [0.5, 0.6) is 0 Å². The second kappa shape index (κ2) is 7.30. The molecule has 2 aromatic carbocycles. The molecule has 0 aliphatic carbocycles. The highest BCUT2D eigenvalue weighted by Crippen LogP contribution is 2.16. The molecule has 6 nitrogen and oxygen atoms in total. The number of carbonyl (C=O) groups is 1. The third kappa shape index (κ3) is 3.69. The second-order valence-electron chi connectivity index (χ2n) is 5.60. The molecule has 0 atom stereocenters. The Morgan fingerprint density at radius 3 is 2.77 bits per heavy atom. The first kappa shape index (κ1) is 17.5. The predicted molar refractivity (Wildman–Crippen MR) is 93.8 cm³/mol. The van der Waals surface area contributed by atoms with Crippen LogP contribution >= 0.6 is 0 Å². The Balaban J connectivity index is 1.82. The summed E-state index contributed by atoms with van der Waals surface area (Å²) in [7, 11) is 0. The first-order valence-corrected chi connectivity index (χ1v) is 7.97. The molecular formula is C18H16F2N4O2. The van der Waals surface area contributed by atoms with Gasteiger partial charge < -0.3 is 15.2 Å². The van der Waals surface area contributed by atoms with Crippen molar-refractivity contribution in [2.75, 3.05) is 11.9 Å². The Kier molecular flexibility index (Phi) is 4.92. The number of halogens is 2. The maximum Gasteiger partial charge on any atom is 0.322 e. The number of aromatic nitrogens is 2. The third-order valence-electron chi connectivity index (χ3n) is 3.84. The van der Waals surface area contributed by atoms with Crippen LogP contribution in [0.1, 0.15) is 12.7 Å². The van der Waals surface area contributed by atoms with Crippen LogP contribution in [0, 0.1) is 11.6 Å². The summed E-state index contributed by atoms with van der Waals surface area (Å²) in [5, 5.41) is 2.78. The molecule has 2 N–H and O–H groups in total. The molecule has 3 rings (SSSR count). The number of para-hydroxylation sites is 1. The van der Waals surface area contributed by atoms with E-state index < -0.39 is 17.7 Å². The number of nitrogens with zero attached hydrogens (tertiary/aromatic N) is 2. The highest BCUT2D eigenvalue weighted by Gasteiger charge is 2.16. The molecule has 26 heavy (non-hydrogen) atoms. The summed E-state index contributed by atoms with van der Waals surface area (Å²) in [6.07, 6.45) is 0. The van der Waals surface area contributed by atoms with Gasteiger partial charge in [-0.2, -0.15) is 0 Å². The highest BCUT2D eigenvalue weighted by molar-refractivity contribution is 5.89. The predicted octanol–water partition coefficient (Wildman–Crippen LogP) is 3.26. The standard InChI is InChI=1S/C18H16F2N4O2/c1-2-24(18(26)22-15-9-11(19)7-8-13(15)20)10-16-21-14-6-4-3-5-12(14)17(25)23-16/h3-9H,2,10H2,1H3,(H,22,26)(H,21,23,25). The van der Waals surface area contributed by atoms with Crippen molar-refractivity contribution in [3.63, 3.8) is 0 Å². The van der Waals surface area contributed by atoms with Gasteiger partial charge in [-0.3, -0.25) is 4.79 Å². The van der Waals surface area contributed by atoms with E-state index in [9.17, 15) is 18.4 Å². The van der Waals surface area contributed by atoms with Crippen LogP contribution < -0.4 is 10.9 Å². The first-order chi connectivity index (χ1) is 12.5. The zero-order valence-corrected chi connectivity index (χ0v) is 13.9. The van der Waals surface area contributed by atoms with Gasteiger partial charge in [-0.25, -0.2) is 18.6 Å². The summed E-state index contributed by atoms with van der Waals surface area (Å²) in [6, 6.07) is 9.02. The molecule has 2 amide bonds. The first-order valence-electron chi connectivity index (χ1n) is 7.97. The van der Waals surface area contributed by atoms with Gasteiger partial charge in [0.25, 0.3) is 5.56 Å². The normalized spacial score (nSPS) is 10.7. The summed E-state index contributed by atoms with van der Waals surface area (Å²) in [5.41, 5.74) is -0.0504. The molecule has 0 saturated heterocycles. The van der Waals surface area contributed by atoms with Gasteiger partial charge in [0.2, 0.25) is 0 Å². The average molecular weight is 358 g/mol.